The number of hydrogen-bond donors (Lipinski definition) is 0. The van der Waals surface area contributed by atoms with Crippen molar-refractivity contribution < 1.29 is 23.5 Å². The molecule has 178 valence electrons. The van der Waals surface area contributed by atoms with E-state index in [2.05, 4.69) is 9.88 Å². The molecule has 3 aromatic carbocycles. The van der Waals surface area contributed by atoms with Crippen molar-refractivity contribution in [3.05, 3.63) is 78.4 Å². The van der Waals surface area contributed by atoms with Gasteiger partial charge in [0, 0.05) is 31.9 Å². The third kappa shape index (κ3) is 4.82. The number of oxazole rings is 1. The number of amides is 1. The van der Waals surface area contributed by atoms with Gasteiger partial charge in [-0.25, -0.2) is 9.78 Å². The maximum Gasteiger partial charge on any atom is 0.339 e. The van der Waals surface area contributed by atoms with E-state index in [1.54, 1.807) is 36.3 Å². The Kier molecular flexibility index (Phi) is 6.34. The van der Waals surface area contributed by atoms with Crippen molar-refractivity contribution in [2.45, 2.75) is 0 Å². The monoisotopic (exact) mass is 471 g/mol. The SMILES string of the molecule is COc1ccc(N2CCN(C(=O)COC(=O)c3ccccc3-c3nc4ccccc4o3)CC2)cc1. The van der Waals surface area contributed by atoms with Gasteiger partial charge in [-0.3, -0.25) is 4.79 Å². The van der Waals surface area contributed by atoms with E-state index < -0.39 is 5.97 Å². The summed E-state index contributed by atoms with van der Waals surface area (Å²) >= 11 is 0. The highest BCUT2D eigenvalue weighted by Crippen LogP contribution is 2.27. The number of carbonyl (C=O) groups is 2. The van der Waals surface area contributed by atoms with Crippen LogP contribution in [-0.4, -0.2) is 61.7 Å². The molecule has 0 bridgehead atoms. The first-order valence-corrected chi connectivity index (χ1v) is 11.4. The van der Waals surface area contributed by atoms with Crippen molar-refractivity contribution in [2.75, 3.05) is 44.8 Å². The standard InChI is InChI=1S/C27H25N3O5/c1-33-20-12-10-19(11-13-20)29-14-16-30(17-15-29)25(31)18-34-27(32)22-7-3-2-6-21(22)26-28-23-8-4-5-9-24(23)35-26/h2-13H,14-18H2,1H3. The number of hydrogen-bond acceptors (Lipinski definition) is 7. The Bertz CT molecular complexity index is 1310. The highest BCUT2D eigenvalue weighted by molar-refractivity contribution is 5.97. The minimum absolute atomic E-state index is 0.216. The number of benzene rings is 3. The van der Waals surface area contributed by atoms with Crippen LogP contribution in [0.4, 0.5) is 5.69 Å². The number of esters is 1. The van der Waals surface area contributed by atoms with Gasteiger partial charge in [0.25, 0.3) is 5.91 Å². The fourth-order valence-electron chi connectivity index (χ4n) is 4.14. The average Bonchev–Trinajstić information content (AvgIpc) is 3.36. The molecule has 1 saturated heterocycles. The Morgan fingerprint density at radius 3 is 2.37 bits per heavy atom. The van der Waals surface area contributed by atoms with E-state index in [4.69, 9.17) is 13.9 Å². The lowest BCUT2D eigenvalue weighted by Crippen LogP contribution is -2.49. The molecule has 0 radical (unpaired) electrons. The van der Waals surface area contributed by atoms with Crippen LogP contribution >= 0.6 is 0 Å². The van der Waals surface area contributed by atoms with E-state index in [0.717, 1.165) is 11.4 Å². The minimum atomic E-state index is -0.590. The van der Waals surface area contributed by atoms with E-state index in [1.165, 1.54) is 0 Å². The summed E-state index contributed by atoms with van der Waals surface area (Å²) in [5.74, 6) is 0.335. The molecule has 4 aromatic rings. The van der Waals surface area contributed by atoms with Gasteiger partial charge in [-0.05, 0) is 48.5 Å². The first-order valence-electron chi connectivity index (χ1n) is 11.4. The van der Waals surface area contributed by atoms with E-state index >= 15 is 0 Å². The Morgan fingerprint density at radius 1 is 0.914 bits per heavy atom. The van der Waals surface area contributed by atoms with Gasteiger partial charge in [0.05, 0.1) is 18.2 Å². The molecule has 5 rings (SSSR count). The fraction of sp³-hybridized carbons (Fsp3) is 0.222. The average molecular weight is 472 g/mol. The molecule has 35 heavy (non-hydrogen) atoms. The molecule has 0 aliphatic carbocycles. The summed E-state index contributed by atoms with van der Waals surface area (Å²) < 4.78 is 16.4. The molecule has 1 amide bonds. The van der Waals surface area contributed by atoms with Crippen LogP contribution in [0.1, 0.15) is 10.4 Å². The summed E-state index contributed by atoms with van der Waals surface area (Å²) in [7, 11) is 1.64. The van der Waals surface area contributed by atoms with Crippen LogP contribution in [0.2, 0.25) is 0 Å². The summed E-state index contributed by atoms with van der Waals surface area (Å²) in [5, 5.41) is 0. The number of fused-ring (bicyclic) bond motifs is 1. The molecule has 8 nitrogen and oxygen atoms in total. The van der Waals surface area contributed by atoms with Gasteiger partial charge in [-0.1, -0.05) is 24.3 Å². The molecule has 1 aliphatic rings. The normalized spacial score (nSPS) is 13.6. The largest absolute Gasteiger partial charge is 0.497 e. The number of aromatic nitrogens is 1. The quantitative estimate of drug-likeness (QED) is 0.393. The van der Waals surface area contributed by atoms with E-state index in [9.17, 15) is 9.59 Å². The second-order valence-corrected chi connectivity index (χ2v) is 8.17. The third-order valence-electron chi connectivity index (χ3n) is 6.07. The summed E-state index contributed by atoms with van der Waals surface area (Å²) in [6.07, 6.45) is 0. The van der Waals surface area contributed by atoms with Gasteiger partial charge < -0.3 is 23.7 Å². The van der Waals surface area contributed by atoms with Gasteiger partial charge >= 0.3 is 5.97 Å². The second-order valence-electron chi connectivity index (χ2n) is 8.17. The topological polar surface area (TPSA) is 85.1 Å². The zero-order valence-electron chi connectivity index (χ0n) is 19.3. The summed E-state index contributed by atoms with van der Waals surface area (Å²) in [5.41, 5.74) is 3.25. The summed E-state index contributed by atoms with van der Waals surface area (Å²) in [6.45, 7) is 2.20. The maximum atomic E-state index is 12.8. The van der Waals surface area contributed by atoms with Crippen molar-refractivity contribution in [2.24, 2.45) is 0 Å². The molecule has 0 atom stereocenters. The number of carbonyl (C=O) groups excluding carboxylic acids is 2. The van der Waals surface area contributed by atoms with Crippen LogP contribution in [0.5, 0.6) is 5.75 Å². The Balaban J connectivity index is 1.19. The molecule has 0 saturated carbocycles. The number of para-hydroxylation sites is 2. The van der Waals surface area contributed by atoms with Gasteiger partial charge in [0.15, 0.2) is 12.2 Å². The summed E-state index contributed by atoms with van der Waals surface area (Å²) in [6, 6.07) is 22.2. The van der Waals surface area contributed by atoms with Crippen molar-refractivity contribution in [3.63, 3.8) is 0 Å². The highest BCUT2D eigenvalue weighted by atomic mass is 16.5. The van der Waals surface area contributed by atoms with Gasteiger partial charge in [-0.2, -0.15) is 0 Å². The Hall–Kier alpha value is -4.33. The van der Waals surface area contributed by atoms with Gasteiger partial charge in [0.1, 0.15) is 11.3 Å². The molecular formula is C27H25N3O5. The van der Waals surface area contributed by atoms with Crippen molar-refractivity contribution in [1.82, 2.24) is 9.88 Å². The lowest BCUT2D eigenvalue weighted by molar-refractivity contribution is -0.134. The van der Waals surface area contributed by atoms with E-state index in [-0.39, 0.29) is 12.5 Å². The first-order chi connectivity index (χ1) is 17.1. The van der Waals surface area contributed by atoms with Gasteiger partial charge in [-0.15, -0.1) is 0 Å². The Labute approximate surface area is 202 Å². The van der Waals surface area contributed by atoms with Crippen LogP contribution in [0.25, 0.3) is 22.6 Å². The zero-order chi connectivity index (χ0) is 24.2. The van der Waals surface area contributed by atoms with Crippen molar-refractivity contribution >= 4 is 28.7 Å². The molecular weight excluding hydrogens is 446 g/mol. The van der Waals surface area contributed by atoms with Crippen LogP contribution in [0, 0.1) is 0 Å². The Morgan fingerprint density at radius 2 is 1.63 bits per heavy atom. The molecule has 1 aliphatic heterocycles. The van der Waals surface area contributed by atoms with Crippen LogP contribution in [-0.2, 0) is 9.53 Å². The van der Waals surface area contributed by atoms with Crippen molar-refractivity contribution in [1.29, 1.82) is 0 Å². The minimum Gasteiger partial charge on any atom is -0.497 e. The fourth-order valence-corrected chi connectivity index (χ4v) is 4.14. The molecule has 1 aromatic heterocycles. The lowest BCUT2D eigenvalue weighted by atomic mass is 10.1. The summed E-state index contributed by atoms with van der Waals surface area (Å²) in [4.78, 5) is 34.0. The van der Waals surface area contributed by atoms with Crippen LogP contribution < -0.4 is 9.64 Å². The number of nitrogens with zero attached hydrogens (tertiary/aromatic N) is 3. The molecule has 0 spiro atoms. The molecule has 8 heteroatoms. The lowest BCUT2D eigenvalue weighted by Gasteiger charge is -2.36. The predicted molar refractivity (Wildman–Crippen MR) is 132 cm³/mol. The third-order valence-corrected chi connectivity index (χ3v) is 6.07. The van der Waals surface area contributed by atoms with E-state index in [0.29, 0.717) is 54.3 Å². The number of piperazine rings is 1. The number of anilines is 1. The number of ether oxygens (including phenoxy) is 2. The first kappa shape index (κ1) is 22.5. The molecule has 1 fully saturated rings. The zero-order valence-corrected chi connectivity index (χ0v) is 19.3. The smallest absolute Gasteiger partial charge is 0.339 e. The highest BCUT2D eigenvalue weighted by Gasteiger charge is 2.24. The number of methoxy groups -OCH3 is 1. The van der Waals surface area contributed by atoms with Crippen LogP contribution in [0.15, 0.2) is 77.2 Å². The predicted octanol–water partition coefficient (Wildman–Crippen LogP) is 4.01. The number of rotatable bonds is 6. The molecule has 2 heterocycles. The van der Waals surface area contributed by atoms with E-state index in [1.807, 2.05) is 48.5 Å². The van der Waals surface area contributed by atoms with Gasteiger partial charge in [0.2, 0.25) is 5.89 Å². The molecule has 0 N–H and O–H groups in total. The van der Waals surface area contributed by atoms with Crippen LogP contribution in [0.3, 0.4) is 0 Å². The van der Waals surface area contributed by atoms with Crippen molar-refractivity contribution in [3.8, 4) is 17.2 Å². The maximum absolute atomic E-state index is 12.8. The molecule has 0 unspecified atom stereocenters. The second kappa shape index (κ2) is 9.89.